The second-order valence-corrected chi connectivity index (χ2v) is 7.56. The van der Waals surface area contributed by atoms with Crippen molar-refractivity contribution in [2.75, 3.05) is 23.4 Å². The summed E-state index contributed by atoms with van der Waals surface area (Å²) < 4.78 is 22.7. The first kappa shape index (κ1) is 15.8. The molecule has 0 unspecified atom stereocenters. The molecule has 0 aromatic carbocycles. The standard InChI is InChI=1S/C14H21N3O3S/c1-2-6-15-13-10-11(3-7-16-13)14(18)17-12-4-8-21(19,20)9-5-12/h3,7,10,12H,2,4-6,8-9H2,1H3,(H,15,16)(H,17,18). The lowest BCUT2D eigenvalue weighted by Gasteiger charge is -2.23. The fourth-order valence-electron chi connectivity index (χ4n) is 2.22. The third-order valence-corrected chi connectivity index (χ3v) is 5.18. The quantitative estimate of drug-likeness (QED) is 0.853. The zero-order chi connectivity index (χ0) is 15.3. The predicted molar refractivity (Wildman–Crippen MR) is 82.2 cm³/mol. The Bertz CT molecular complexity index is 587. The van der Waals surface area contributed by atoms with E-state index in [9.17, 15) is 13.2 Å². The van der Waals surface area contributed by atoms with Crippen molar-refractivity contribution >= 4 is 21.6 Å². The lowest BCUT2D eigenvalue weighted by Crippen LogP contribution is -2.40. The summed E-state index contributed by atoms with van der Waals surface area (Å²) in [7, 11) is -2.90. The average molecular weight is 311 g/mol. The molecule has 116 valence electrons. The highest BCUT2D eigenvalue weighted by Gasteiger charge is 2.24. The van der Waals surface area contributed by atoms with Gasteiger partial charge in [-0.15, -0.1) is 0 Å². The second-order valence-electron chi connectivity index (χ2n) is 5.26. The van der Waals surface area contributed by atoms with E-state index < -0.39 is 9.84 Å². The van der Waals surface area contributed by atoms with Gasteiger partial charge in [-0.1, -0.05) is 6.92 Å². The zero-order valence-electron chi connectivity index (χ0n) is 12.1. The molecule has 1 aromatic rings. The molecule has 2 rings (SSSR count). The average Bonchev–Trinajstić information content (AvgIpc) is 2.47. The van der Waals surface area contributed by atoms with Crippen molar-refractivity contribution in [1.29, 1.82) is 0 Å². The van der Waals surface area contributed by atoms with E-state index in [4.69, 9.17) is 0 Å². The van der Waals surface area contributed by atoms with Crippen molar-refractivity contribution in [3.63, 3.8) is 0 Å². The molecule has 0 aliphatic carbocycles. The number of hydrogen-bond acceptors (Lipinski definition) is 5. The Hall–Kier alpha value is -1.63. The zero-order valence-corrected chi connectivity index (χ0v) is 12.9. The number of rotatable bonds is 5. The number of hydrogen-bond donors (Lipinski definition) is 2. The monoisotopic (exact) mass is 311 g/mol. The van der Waals surface area contributed by atoms with Crippen LogP contribution in [-0.4, -0.2) is 43.4 Å². The highest BCUT2D eigenvalue weighted by atomic mass is 32.2. The van der Waals surface area contributed by atoms with Gasteiger partial charge in [-0.25, -0.2) is 13.4 Å². The van der Waals surface area contributed by atoms with Crippen LogP contribution in [-0.2, 0) is 9.84 Å². The molecule has 0 radical (unpaired) electrons. The molecule has 1 aromatic heterocycles. The van der Waals surface area contributed by atoms with Gasteiger partial charge in [0.05, 0.1) is 11.5 Å². The van der Waals surface area contributed by atoms with E-state index in [-0.39, 0.29) is 23.5 Å². The molecule has 0 bridgehead atoms. The van der Waals surface area contributed by atoms with Gasteiger partial charge in [0.2, 0.25) is 0 Å². The van der Waals surface area contributed by atoms with Gasteiger partial charge in [0.15, 0.2) is 0 Å². The smallest absolute Gasteiger partial charge is 0.251 e. The van der Waals surface area contributed by atoms with Crippen LogP contribution in [0.3, 0.4) is 0 Å². The van der Waals surface area contributed by atoms with Crippen LogP contribution in [0.1, 0.15) is 36.5 Å². The Balaban J connectivity index is 1.94. The molecule has 2 N–H and O–H groups in total. The number of amides is 1. The Labute approximate surface area is 125 Å². The number of anilines is 1. The second kappa shape index (κ2) is 6.89. The van der Waals surface area contributed by atoms with Crippen molar-refractivity contribution in [2.24, 2.45) is 0 Å². The molecule has 1 fully saturated rings. The van der Waals surface area contributed by atoms with E-state index in [1.807, 2.05) is 0 Å². The predicted octanol–water partition coefficient (Wildman–Crippen LogP) is 1.21. The van der Waals surface area contributed by atoms with E-state index in [2.05, 4.69) is 22.5 Å². The molecule has 1 aliphatic rings. The number of nitrogens with one attached hydrogen (secondary N) is 2. The first-order valence-corrected chi connectivity index (χ1v) is 9.03. The first-order valence-electron chi connectivity index (χ1n) is 7.21. The molecule has 1 aliphatic heterocycles. The van der Waals surface area contributed by atoms with Crippen LogP contribution >= 0.6 is 0 Å². The normalized spacial score (nSPS) is 18.1. The number of nitrogens with zero attached hydrogens (tertiary/aromatic N) is 1. The van der Waals surface area contributed by atoms with E-state index in [1.54, 1.807) is 18.3 Å². The number of pyridine rings is 1. The van der Waals surface area contributed by atoms with Crippen LogP contribution in [0, 0.1) is 0 Å². The van der Waals surface area contributed by atoms with Crippen LogP contribution in [0.4, 0.5) is 5.82 Å². The van der Waals surface area contributed by atoms with Crippen LogP contribution < -0.4 is 10.6 Å². The Morgan fingerprint density at radius 1 is 1.38 bits per heavy atom. The summed E-state index contributed by atoms with van der Waals surface area (Å²) in [6.45, 7) is 2.86. The third kappa shape index (κ3) is 4.70. The van der Waals surface area contributed by atoms with Gasteiger partial charge in [0, 0.05) is 24.3 Å². The summed E-state index contributed by atoms with van der Waals surface area (Å²) in [5, 5.41) is 6.03. The maximum absolute atomic E-state index is 12.2. The largest absolute Gasteiger partial charge is 0.370 e. The van der Waals surface area contributed by atoms with Crippen LogP contribution in [0.5, 0.6) is 0 Å². The maximum Gasteiger partial charge on any atom is 0.251 e. The fourth-order valence-corrected chi connectivity index (χ4v) is 3.72. The third-order valence-electron chi connectivity index (χ3n) is 3.47. The lowest BCUT2D eigenvalue weighted by atomic mass is 10.1. The summed E-state index contributed by atoms with van der Waals surface area (Å²) >= 11 is 0. The highest BCUT2D eigenvalue weighted by molar-refractivity contribution is 7.91. The van der Waals surface area contributed by atoms with Crippen LogP contribution in [0.15, 0.2) is 18.3 Å². The maximum atomic E-state index is 12.2. The Morgan fingerprint density at radius 3 is 2.76 bits per heavy atom. The number of carbonyl (C=O) groups is 1. The molecule has 0 spiro atoms. The summed E-state index contributed by atoms with van der Waals surface area (Å²) in [6.07, 6.45) is 3.55. The van der Waals surface area contributed by atoms with Gasteiger partial charge in [0.1, 0.15) is 15.7 Å². The minimum absolute atomic E-state index is 0.0683. The van der Waals surface area contributed by atoms with Gasteiger partial charge < -0.3 is 10.6 Å². The molecule has 6 nitrogen and oxygen atoms in total. The molecule has 1 amide bonds. The molecular weight excluding hydrogens is 290 g/mol. The van der Waals surface area contributed by atoms with Crippen LogP contribution in [0.2, 0.25) is 0 Å². The molecule has 7 heteroatoms. The van der Waals surface area contributed by atoms with Crippen molar-refractivity contribution in [2.45, 2.75) is 32.2 Å². The minimum Gasteiger partial charge on any atom is -0.370 e. The van der Waals surface area contributed by atoms with Crippen LogP contribution in [0.25, 0.3) is 0 Å². The molecule has 0 atom stereocenters. The summed E-state index contributed by atoms with van der Waals surface area (Å²) in [5.74, 6) is 0.798. The van der Waals surface area contributed by atoms with Gasteiger partial charge in [-0.05, 0) is 31.4 Å². The van der Waals surface area contributed by atoms with Crippen molar-refractivity contribution in [3.8, 4) is 0 Å². The number of carbonyl (C=O) groups excluding carboxylic acids is 1. The van der Waals surface area contributed by atoms with Crippen molar-refractivity contribution < 1.29 is 13.2 Å². The number of sulfone groups is 1. The van der Waals surface area contributed by atoms with Gasteiger partial charge >= 0.3 is 0 Å². The molecular formula is C14H21N3O3S. The van der Waals surface area contributed by atoms with E-state index in [0.717, 1.165) is 13.0 Å². The number of aromatic nitrogens is 1. The summed E-state index contributed by atoms with van der Waals surface area (Å²) in [6, 6.07) is 3.30. The Kier molecular flexibility index (Phi) is 5.17. The van der Waals surface area contributed by atoms with Gasteiger partial charge in [0.25, 0.3) is 5.91 Å². The molecule has 1 saturated heterocycles. The van der Waals surface area contributed by atoms with E-state index >= 15 is 0 Å². The fraction of sp³-hybridized carbons (Fsp3) is 0.571. The SMILES string of the molecule is CCCNc1cc(C(=O)NC2CCS(=O)(=O)CC2)ccn1. The summed E-state index contributed by atoms with van der Waals surface area (Å²) in [4.78, 5) is 16.3. The molecule has 21 heavy (non-hydrogen) atoms. The molecule has 2 heterocycles. The lowest BCUT2D eigenvalue weighted by molar-refractivity contribution is 0.0934. The topological polar surface area (TPSA) is 88.2 Å². The van der Waals surface area contributed by atoms with Crippen molar-refractivity contribution in [1.82, 2.24) is 10.3 Å². The highest BCUT2D eigenvalue weighted by Crippen LogP contribution is 2.13. The summed E-state index contributed by atoms with van der Waals surface area (Å²) in [5.41, 5.74) is 0.539. The van der Waals surface area contributed by atoms with Crippen molar-refractivity contribution in [3.05, 3.63) is 23.9 Å². The minimum atomic E-state index is -2.90. The Morgan fingerprint density at radius 2 is 2.10 bits per heavy atom. The van der Waals surface area contributed by atoms with E-state index in [0.29, 0.717) is 24.2 Å². The first-order chi connectivity index (χ1) is 10.00. The van der Waals surface area contributed by atoms with E-state index in [1.165, 1.54) is 0 Å². The van der Waals surface area contributed by atoms with Gasteiger partial charge in [-0.2, -0.15) is 0 Å². The molecule has 0 saturated carbocycles. The van der Waals surface area contributed by atoms with Gasteiger partial charge in [-0.3, -0.25) is 4.79 Å².